The van der Waals surface area contributed by atoms with E-state index in [1.165, 1.54) is 5.56 Å². The highest BCUT2D eigenvalue weighted by molar-refractivity contribution is 5.98. The minimum absolute atomic E-state index is 0.0182. The summed E-state index contributed by atoms with van der Waals surface area (Å²) in [5.74, 6) is 0.839. The topological polar surface area (TPSA) is 70.7 Å². The van der Waals surface area contributed by atoms with Gasteiger partial charge in [0.15, 0.2) is 0 Å². The summed E-state index contributed by atoms with van der Waals surface area (Å²) in [6.45, 7) is 5.44. The van der Waals surface area contributed by atoms with Crippen molar-refractivity contribution in [2.24, 2.45) is 0 Å². The number of rotatable bonds is 2. The van der Waals surface area contributed by atoms with Crippen LogP contribution < -0.4 is 20.3 Å². The first-order valence-electron chi connectivity index (χ1n) is 9.71. The molecule has 28 heavy (non-hydrogen) atoms. The van der Waals surface area contributed by atoms with Crippen LogP contribution in [-0.4, -0.2) is 30.6 Å². The first-order chi connectivity index (χ1) is 13.4. The van der Waals surface area contributed by atoms with Crippen molar-refractivity contribution < 1.29 is 14.3 Å². The Hall–Kier alpha value is -3.02. The molecule has 2 N–H and O–H groups in total. The monoisotopic (exact) mass is 377 g/mol. The highest BCUT2D eigenvalue weighted by atomic mass is 16.5. The zero-order chi connectivity index (χ0) is 19.5. The number of hydrogen-bond acceptors (Lipinski definition) is 3. The van der Waals surface area contributed by atoms with E-state index < -0.39 is 0 Å². The van der Waals surface area contributed by atoms with Gasteiger partial charge in [0.2, 0.25) is 5.91 Å². The average Bonchev–Trinajstić information content (AvgIpc) is 3.21. The van der Waals surface area contributed by atoms with Crippen LogP contribution in [0.25, 0.3) is 0 Å². The van der Waals surface area contributed by atoms with Crippen LogP contribution in [0.4, 0.5) is 16.2 Å². The summed E-state index contributed by atoms with van der Waals surface area (Å²) in [7, 11) is 0. The van der Waals surface area contributed by atoms with Crippen LogP contribution in [0.15, 0.2) is 36.4 Å². The molecule has 5 rings (SSSR count). The van der Waals surface area contributed by atoms with Gasteiger partial charge in [0.1, 0.15) is 11.4 Å². The minimum Gasteiger partial charge on any atom is -0.487 e. The van der Waals surface area contributed by atoms with Gasteiger partial charge in [-0.3, -0.25) is 9.69 Å². The first-order valence-corrected chi connectivity index (χ1v) is 9.71. The van der Waals surface area contributed by atoms with E-state index in [9.17, 15) is 9.59 Å². The molecule has 0 aliphatic carbocycles. The van der Waals surface area contributed by atoms with Crippen molar-refractivity contribution >= 4 is 23.3 Å². The zero-order valence-electron chi connectivity index (χ0n) is 16.0. The molecule has 3 aliphatic heterocycles. The predicted molar refractivity (Wildman–Crippen MR) is 107 cm³/mol. The van der Waals surface area contributed by atoms with Gasteiger partial charge in [0, 0.05) is 48.8 Å². The maximum absolute atomic E-state index is 12.5. The van der Waals surface area contributed by atoms with Crippen molar-refractivity contribution in [3.63, 3.8) is 0 Å². The van der Waals surface area contributed by atoms with Gasteiger partial charge >= 0.3 is 6.03 Å². The van der Waals surface area contributed by atoms with Gasteiger partial charge < -0.3 is 15.4 Å². The number of fused-ring (bicyclic) bond motifs is 2. The van der Waals surface area contributed by atoms with Crippen LogP contribution in [-0.2, 0) is 11.2 Å². The fraction of sp³-hybridized carbons (Fsp3) is 0.364. The van der Waals surface area contributed by atoms with Crippen molar-refractivity contribution in [3.8, 4) is 5.75 Å². The molecule has 1 saturated heterocycles. The number of hydrogen-bond donors (Lipinski definition) is 2. The number of anilines is 2. The summed E-state index contributed by atoms with van der Waals surface area (Å²) in [5.41, 5.74) is 4.65. The molecule has 1 atom stereocenters. The van der Waals surface area contributed by atoms with Crippen LogP contribution in [0.3, 0.4) is 0 Å². The van der Waals surface area contributed by atoms with Crippen molar-refractivity contribution in [2.45, 2.75) is 38.2 Å². The second kappa shape index (κ2) is 5.99. The molecule has 2 aromatic rings. The molecule has 0 saturated carbocycles. The van der Waals surface area contributed by atoms with E-state index in [0.717, 1.165) is 34.7 Å². The van der Waals surface area contributed by atoms with Crippen LogP contribution in [0.5, 0.6) is 5.75 Å². The highest BCUT2D eigenvalue weighted by Gasteiger charge is 2.36. The van der Waals surface area contributed by atoms with E-state index in [-0.39, 0.29) is 23.5 Å². The summed E-state index contributed by atoms with van der Waals surface area (Å²) < 4.78 is 6.26. The van der Waals surface area contributed by atoms with E-state index in [1.807, 2.05) is 24.3 Å². The van der Waals surface area contributed by atoms with Crippen molar-refractivity contribution in [1.82, 2.24) is 5.32 Å². The molecular formula is C22H23N3O3. The Morgan fingerprint density at radius 1 is 1.14 bits per heavy atom. The van der Waals surface area contributed by atoms with E-state index in [2.05, 4.69) is 36.6 Å². The van der Waals surface area contributed by atoms with Gasteiger partial charge in [-0.15, -0.1) is 0 Å². The number of nitrogens with zero attached hydrogens (tertiary/aromatic N) is 1. The normalized spacial score (nSPS) is 22.2. The largest absolute Gasteiger partial charge is 0.487 e. The predicted octanol–water partition coefficient (Wildman–Crippen LogP) is 3.40. The SMILES string of the molecule is CC1(C)Cc2cccc(C3CC(=O)Nc4cc(N5CCNC5=O)ccc43)c2O1. The molecule has 6 heteroatoms. The maximum Gasteiger partial charge on any atom is 0.321 e. The molecular weight excluding hydrogens is 354 g/mol. The molecule has 3 aliphatic rings. The fourth-order valence-electron chi connectivity index (χ4n) is 4.53. The number of para-hydroxylation sites is 1. The molecule has 6 nitrogen and oxygen atoms in total. The molecule has 3 amide bonds. The van der Waals surface area contributed by atoms with Gasteiger partial charge in [0.05, 0.1) is 0 Å². The molecule has 0 bridgehead atoms. The number of nitrogens with one attached hydrogen (secondary N) is 2. The van der Waals surface area contributed by atoms with Crippen molar-refractivity contribution in [2.75, 3.05) is 23.3 Å². The van der Waals surface area contributed by atoms with Gasteiger partial charge in [-0.05, 0) is 37.1 Å². The third-order valence-corrected chi connectivity index (χ3v) is 5.74. The maximum atomic E-state index is 12.5. The van der Waals surface area contributed by atoms with Gasteiger partial charge in [-0.1, -0.05) is 24.3 Å². The number of amides is 3. The Labute approximate surface area is 163 Å². The first kappa shape index (κ1) is 17.1. The van der Waals surface area contributed by atoms with Gasteiger partial charge in [-0.25, -0.2) is 4.79 Å². The third kappa shape index (κ3) is 2.71. The molecule has 3 heterocycles. The standard InChI is InChI=1S/C22H23N3O3/c1-22(2)12-13-4-3-5-16(20(13)28-22)17-11-19(26)24-18-10-14(6-7-15(17)18)25-9-8-23-21(25)27/h3-7,10,17H,8-9,11-12H2,1-2H3,(H,23,27)(H,24,26). The van der Waals surface area contributed by atoms with Crippen LogP contribution >= 0.6 is 0 Å². The molecule has 144 valence electrons. The third-order valence-electron chi connectivity index (χ3n) is 5.74. The molecule has 2 aromatic carbocycles. The zero-order valence-corrected chi connectivity index (χ0v) is 16.0. The number of urea groups is 1. The smallest absolute Gasteiger partial charge is 0.321 e. The van der Waals surface area contributed by atoms with Crippen molar-refractivity contribution in [1.29, 1.82) is 0 Å². The average molecular weight is 377 g/mol. The van der Waals surface area contributed by atoms with E-state index in [0.29, 0.717) is 19.5 Å². The van der Waals surface area contributed by atoms with Crippen LogP contribution in [0, 0.1) is 0 Å². The Bertz CT molecular complexity index is 999. The summed E-state index contributed by atoms with van der Waals surface area (Å²) >= 11 is 0. The lowest BCUT2D eigenvalue weighted by Gasteiger charge is -2.29. The Morgan fingerprint density at radius 2 is 2.00 bits per heavy atom. The summed E-state index contributed by atoms with van der Waals surface area (Å²) in [4.78, 5) is 26.2. The van der Waals surface area contributed by atoms with Crippen LogP contribution in [0.1, 0.15) is 42.9 Å². The fourth-order valence-corrected chi connectivity index (χ4v) is 4.53. The molecule has 0 aromatic heterocycles. The highest BCUT2D eigenvalue weighted by Crippen LogP contribution is 2.46. The van der Waals surface area contributed by atoms with E-state index >= 15 is 0 Å². The van der Waals surface area contributed by atoms with E-state index in [1.54, 1.807) is 4.90 Å². The Morgan fingerprint density at radius 3 is 2.79 bits per heavy atom. The summed E-state index contributed by atoms with van der Waals surface area (Å²) in [5, 5.41) is 5.79. The molecule has 0 spiro atoms. The Kier molecular flexibility index (Phi) is 3.66. The minimum atomic E-state index is -0.231. The quantitative estimate of drug-likeness (QED) is 0.843. The summed E-state index contributed by atoms with van der Waals surface area (Å²) in [6.07, 6.45) is 1.25. The van der Waals surface area contributed by atoms with E-state index in [4.69, 9.17) is 4.74 Å². The second-order valence-electron chi connectivity index (χ2n) is 8.33. The van der Waals surface area contributed by atoms with Crippen molar-refractivity contribution in [3.05, 3.63) is 53.1 Å². The molecule has 1 unspecified atom stereocenters. The van der Waals surface area contributed by atoms with Crippen LogP contribution in [0.2, 0.25) is 0 Å². The lowest BCUT2D eigenvalue weighted by atomic mass is 9.83. The Balaban J connectivity index is 1.57. The molecule has 0 radical (unpaired) electrons. The number of carbonyl (C=O) groups is 2. The number of carbonyl (C=O) groups excluding carboxylic acids is 2. The lowest BCUT2D eigenvalue weighted by molar-refractivity contribution is -0.116. The molecule has 1 fully saturated rings. The number of ether oxygens (including phenoxy) is 1. The number of benzene rings is 2. The lowest BCUT2D eigenvalue weighted by Crippen LogP contribution is -2.29. The summed E-state index contributed by atoms with van der Waals surface area (Å²) in [6, 6.07) is 12.0. The second-order valence-corrected chi connectivity index (χ2v) is 8.33. The van der Waals surface area contributed by atoms with Gasteiger partial charge in [-0.2, -0.15) is 0 Å². The van der Waals surface area contributed by atoms with Gasteiger partial charge in [0.25, 0.3) is 0 Å².